The minimum absolute atomic E-state index is 0.206. The summed E-state index contributed by atoms with van der Waals surface area (Å²) in [5.41, 5.74) is 0. The van der Waals surface area contributed by atoms with E-state index in [1.165, 1.54) is 11.2 Å². The fraction of sp³-hybridized carbons (Fsp3) is 0.455. The van der Waals surface area contributed by atoms with E-state index >= 15 is 0 Å². The molecule has 1 aliphatic heterocycles. The first-order valence-corrected chi connectivity index (χ1v) is 5.32. The van der Waals surface area contributed by atoms with Crippen LogP contribution in [-0.4, -0.2) is 41.1 Å². The van der Waals surface area contributed by atoms with Gasteiger partial charge >= 0.3 is 5.97 Å². The van der Waals surface area contributed by atoms with Crippen molar-refractivity contribution in [3.05, 3.63) is 24.2 Å². The lowest BCUT2D eigenvalue weighted by atomic mass is 10.0. The molecule has 1 amide bonds. The van der Waals surface area contributed by atoms with Crippen LogP contribution >= 0.6 is 0 Å². The van der Waals surface area contributed by atoms with Gasteiger partial charge in [-0.1, -0.05) is 0 Å². The molecule has 1 aliphatic rings. The second-order valence-corrected chi connectivity index (χ2v) is 3.71. The molecule has 92 valence electrons. The molecule has 2 rings (SSSR count). The minimum Gasteiger partial charge on any atom is -0.479 e. The summed E-state index contributed by atoms with van der Waals surface area (Å²) < 4.78 is 10.3. The monoisotopic (exact) mass is 239 g/mol. The number of nitrogens with zero attached hydrogens (tertiary/aromatic N) is 1. The lowest BCUT2D eigenvalue weighted by Gasteiger charge is -2.37. The zero-order chi connectivity index (χ0) is 12.4. The van der Waals surface area contributed by atoms with Crippen LogP contribution in [0.2, 0.25) is 0 Å². The van der Waals surface area contributed by atoms with Crippen molar-refractivity contribution in [2.45, 2.75) is 19.1 Å². The Balaban J connectivity index is 2.36. The SMILES string of the molecule is CCN1C(=O)COC(C(=O)O)C1c1ccco1. The van der Waals surface area contributed by atoms with E-state index in [2.05, 4.69) is 0 Å². The van der Waals surface area contributed by atoms with Gasteiger partial charge in [-0.15, -0.1) is 0 Å². The molecule has 0 spiro atoms. The average Bonchev–Trinajstić information content (AvgIpc) is 2.81. The lowest BCUT2D eigenvalue weighted by molar-refractivity contribution is -0.174. The number of morpholine rings is 1. The molecule has 2 atom stereocenters. The summed E-state index contributed by atoms with van der Waals surface area (Å²) in [5, 5.41) is 9.10. The summed E-state index contributed by atoms with van der Waals surface area (Å²) in [7, 11) is 0. The van der Waals surface area contributed by atoms with Crippen molar-refractivity contribution in [3.8, 4) is 0 Å². The maximum atomic E-state index is 11.7. The maximum Gasteiger partial charge on any atom is 0.335 e. The third-order valence-corrected chi connectivity index (χ3v) is 2.75. The Labute approximate surface area is 97.8 Å². The quantitative estimate of drug-likeness (QED) is 0.837. The van der Waals surface area contributed by atoms with E-state index in [0.29, 0.717) is 12.3 Å². The van der Waals surface area contributed by atoms with E-state index in [9.17, 15) is 9.59 Å². The van der Waals surface area contributed by atoms with E-state index in [0.717, 1.165) is 0 Å². The highest BCUT2D eigenvalue weighted by Crippen LogP contribution is 2.30. The number of carboxylic acids is 1. The molecule has 1 aromatic heterocycles. The zero-order valence-electron chi connectivity index (χ0n) is 9.33. The van der Waals surface area contributed by atoms with Crippen LogP contribution in [0.4, 0.5) is 0 Å². The van der Waals surface area contributed by atoms with Gasteiger partial charge in [-0.05, 0) is 19.1 Å². The highest BCUT2D eigenvalue weighted by Gasteiger charge is 2.42. The van der Waals surface area contributed by atoms with Gasteiger partial charge in [0.15, 0.2) is 6.10 Å². The van der Waals surface area contributed by atoms with Crippen LogP contribution in [0.1, 0.15) is 18.7 Å². The Bertz CT molecular complexity index is 412. The van der Waals surface area contributed by atoms with E-state index in [-0.39, 0.29) is 12.5 Å². The smallest absolute Gasteiger partial charge is 0.335 e. The van der Waals surface area contributed by atoms with Crippen molar-refractivity contribution in [3.63, 3.8) is 0 Å². The molecule has 6 nitrogen and oxygen atoms in total. The Hall–Kier alpha value is -1.82. The number of carboxylic acid groups (broad SMARTS) is 1. The van der Waals surface area contributed by atoms with Crippen molar-refractivity contribution in [2.75, 3.05) is 13.2 Å². The van der Waals surface area contributed by atoms with E-state index in [4.69, 9.17) is 14.3 Å². The van der Waals surface area contributed by atoms with Crippen LogP contribution in [0.5, 0.6) is 0 Å². The average molecular weight is 239 g/mol. The summed E-state index contributed by atoms with van der Waals surface area (Å²) in [6.07, 6.45) is 0.361. The molecule has 0 saturated carbocycles. The molecular weight excluding hydrogens is 226 g/mol. The largest absolute Gasteiger partial charge is 0.479 e. The second-order valence-electron chi connectivity index (χ2n) is 3.71. The number of ether oxygens (including phenoxy) is 1. The highest BCUT2D eigenvalue weighted by molar-refractivity contribution is 5.82. The molecule has 2 unspecified atom stereocenters. The van der Waals surface area contributed by atoms with Crippen molar-refractivity contribution >= 4 is 11.9 Å². The van der Waals surface area contributed by atoms with Crippen LogP contribution < -0.4 is 0 Å². The Morgan fingerprint density at radius 2 is 2.41 bits per heavy atom. The fourth-order valence-corrected chi connectivity index (χ4v) is 2.00. The van der Waals surface area contributed by atoms with Gasteiger partial charge in [0.25, 0.3) is 0 Å². The van der Waals surface area contributed by atoms with E-state index in [1.54, 1.807) is 19.1 Å². The molecule has 0 aromatic carbocycles. The Kier molecular flexibility index (Phi) is 3.14. The molecule has 6 heteroatoms. The number of likely N-dealkylation sites (N-methyl/N-ethyl adjacent to an activating group) is 1. The number of furan rings is 1. The van der Waals surface area contributed by atoms with Gasteiger partial charge in [0.05, 0.1) is 6.26 Å². The van der Waals surface area contributed by atoms with E-state index in [1.807, 2.05) is 0 Å². The molecule has 17 heavy (non-hydrogen) atoms. The van der Waals surface area contributed by atoms with Crippen LogP contribution in [-0.2, 0) is 14.3 Å². The number of carbonyl (C=O) groups excluding carboxylic acids is 1. The first-order chi connectivity index (χ1) is 8.15. The molecule has 0 bridgehead atoms. The van der Waals surface area contributed by atoms with Crippen molar-refractivity contribution in [2.24, 2.45) is 0 Å². The molecule has 2 heterocycles. The number of carbonyl (C=O) groups is 2. The molecule has 1 fully saturated rings. The number of rotatable bonds is 3. The van der Waals surface area contributed by atoms with Gasteiger partial charge in [0.1, 0.15) is 18.4 Å². The Morgan fingerprint density at radius 1 is 1.65 bits per heavy atom. The van der Waals surface area contributed by atoms with Crippen LogP contribution in [0.15, 0.2) is 22.8 Å². The van der Waals surface area contributed by atoms with Gasteiger partial charge in [0, 0.05) is 6.54 Å². The number of hydrogen-bond donors (Lipinski definition) is 1. The molecular formula is C11H13NO5. The first kappa shape index (κ1) is 11.7. The van der Waals surface area contributed by atoms with Gasteiger partial charge in [0.2, 0.25) is 5.91 Å². The lowest BCUT2D eigenvalue weighted by Crippen LogP contribution is -2.51. The molecule has 0 radical (unpaired) electrons. The third kappa shape index (κ3) is 2.03. The van der Waals surface area contributed by atoms with Gasteiger partial charge < -0.3 is 19.2 Å². The highest BCUT2D eigenvalue weighted by atomic mass is 16.5. The second kappa shape index (κ2) is 4.58. The molecule has 0 aliphatic carbocycles. The minimum atomic E-state index is -1.10. The maximum absolute atomic E-state index is 11.7. The number of hydrogen-bond acceptors (Lipinski definition) is 4. The van der Waals surface area contributed by atoms with Crippen LogP contribution in [0.3, 0.4) is 0 Å². The summed E-state index contributed by atoms with van der Waals surface area (Å²) in [5.74, 6) is -0.906. The molecule has 1 aromatic rings. The molecule has 1 N–H and O–H groups in total. The fourth-order valence-electron chi connectivity index (χ4n) is 2.00. The standard InChI is InChI=1S/C11H13NO5/c1-2-12-8(13)6-17-10(11(14)15)9(12)7-4-3-5-16-7/h3-5,9-10H,2,6H2,1H3,(H,14,15). The van der Waals surface area contributed by atoms with Gasteiger partial charge in [-0.2, -0.15) is 0 Å². The Morgan fingerprint density at radius 3 is 2.94 bits per heavy atom. The van der Waals surface area contributed by atoms with Gasteiger partial charge in [-0.25, -0.2) is 4.79 Å². The van der Waals surface area contributed by atoms with Crippen molar-refractivity contribution in [1.82, 2.24) is 4.90 Å². The topological polar surface area (TPSA) is 80.0 Å². The third-order valence-electron chi connectivity index (χ3n) is 2.75. The normalized spacial score (nSPS) is 25.0. The number of amides is 1. The van der Waals surface area contributed by atoms with Crippen molar-refractivity contribution < 1.29 is 23.8 Å². The summed E-state index contributed by atoms with van der Waals surface area (Å²) in [4.78, 5) is 24.2. The van der Waals surface area contributed by atoms with Crippen molar-refractivity contribution in [1.29, 1.82) is 0 Å². The summed E-state index contributed by atoms with van der Waals surface area (Å²) in [6.45, 7) is 2.00. The van der Waals surface area contributed by atoms with Crippen LogP contribution in [0, 0.1) is 0 Å². The first-order valence-electron chi connectivity index (χ1n) is 5.32. The van der Waals surface area contributed by atoms with Gasteiger partial charge in [-0.3, -0.25) is 4.79 Å². The predicted molar refractivity (Wildman–Crippen MR) is 56.2 cm³/mol. The summed E-state index contributed by atoms with van der Waals surface area (Å²) >= 11 is 0. The molecule has 1 saturated heterocycles. The predicted octanol–water partition coefficient (Wildman–Crippen LogP) is 0.653. The summed E-state index contributed by atoms with van der Waals surface area (Å²) in [6, 6.07) is 2.60. The van der Waals surface area contributed by atoms with Crippen LogP contribution in [0.25, 0.3) is 0 Å². The van der Waals surface area contributed by atoms with E-state index < -0.39 is 18.1 Å². The zero-order valence-corrected chi connectivity index (χ0v) is 9.33. The number of aliphatic carboxylic acids is 1.